The molecule has 1 heterocycles. The fourth-order valence-corrected chi connectivity index (χ4v) is 1.89. The Balaban J connectivity index is 1.97. The number of aromatic nitrogens is 2. The van der Waals surface area contributed by atoms with Crippen LogP contribution in [0.1, 0.15) is 24.2 Å². The van der Waals surface area contributed by atoms with Crippen molar-refractivity contribution in [3.8, 4) is 11.5 Å². The number of methoxy groups -OCH3 is 1. The zero-order valence-corrected chi connectivity index (χ0v) is 11.4. The molecular weight excluding hydrogens is 242 g/mol. The van der Waals surface area contributed by atoms with E-state index in [1.807, 2.05) is 25.4 Å². The lowest BCUT2D eigenvalue weighted by Gasteiger charge is -2.12. The molecule has 2 N–H and O–H groups in total. The van der Waals surface area contributed by atoms with Gasteiger partial charge in [0.15, 0.2) is 11.5 Å². The first-order valence-electron chi connectivity index (χ1n) is 6.19. The van der Waals surface area contributed by atoms with E-state index in [-0.39, 0.29) is 11.8 Å². The second kappa shape index (κ2) is 5.75. The lowest BCUT2D eigenvalue weighted by Crippen LogP contribution is -2.18. The molecule has 2 rings (SSSR count). The summed E-state index contributed by atoms with van der Waals surface area (Å²) in [6.45, 7) is 2.72. The van der Waals surface area contributed by atoms with Gasteiger partial charge in [0.25, 0.3) is 0 Å². The largest absolute Gasteiger partial charge is 0.504 e. The Kier molecular flexibility index (Phi) is 4.06. The van der Waals surface area contributed by atoms with E-state index in [2.05, 4.69) is 17.3 Å². The predicted molar refractivity (Wildman–Crippen MR) is 73.1 cm³/mol. The molecule has 0 amide bonds. The summed E-state index contributed by atoms with van der Waals surface area (Å²) >= 11 is 0. The number of ether oxygens (including phenoxy) is 1. The smallest absolute Gasteiger partial charge is 0.160 e. The van der Waals surface area contributed by atoms with Gasteiger partial charge >= 0.3 is 0 Å². The van der Waals surface area contributed by atoms with Gasteiger partial charge in [0.2, 0.25) is 0 Å². The first-order valence-corrected chi connectivity index (χ1v) is 6.19. The zero-order chi connectivity index (χ0) is 13.8. The van der Waals surface area contributed by atoms with Crippen LogP contribution in [0.4, 0.5) is 0 Å². The Hall–Kier alpha value is -2.01. The Morgan fingerprint density at radius 1 is 1.42 bits per heavy atom. The maximum Gasteiger partial charge on any atom is 0.160 e. The molecular formula is C14H19N3O2. The monoisotopic (exact) mass is 261 g/mol. The van der Waals surface area contributed by atoms with Crippen LogP contribution in [0.5, 0.6) is 11.5 Å². The lowest BCUT2D eigenvalue weighted by atomic mass is 10.1. The van der Waals surface area contributed by atoms with Gasteiger partial charge in [-0.25, -0.2) is 0 Å². The van der Waals surface area contributed by atoms with Gasteiger partial charge in [-0.05, 0) is 30.7 Å². The van der Waals surface area contributed by atoms with Crippen molar-refractivity contribution in [2.45, 2.75) is 19.5 Å². The van der Waals surface area contributed by atoms with Gasteiger partial charge in [0, 0.05) is 25.8 Å². The number of benzene rings is 1. The van der Waals surface area contributed by atoms with E-state index in [0.29, 0.717) is 12.3 Å². The number of aromatic hydroxyl groups is 1. The topological polar surface area (TPSA) is 59.3 Å². The molecule has 1 aromatic heterocycles. The minimum atomic E-state index is 0.158. The number of hydrogen-bond acceptors (Lipinski definition) is 4. The van der Waals surface area contributed by atoms with Crippen molar-refractivity contribution in [2.75, 3.05) is 7.11 Å². The number of phenols is 1. The molecule has 1 atom stereocenters. The molecule has 19 heavy (non-hydrogen) atoms. The van der Waals surface area contributed by atoms with Crippen molar-refractivity contribution < 1.29 is 9.84 Å². The number of aryl methyl sites for hydroxylation is 1. The average Bonchev–Trinajstić information content (AvgIpc) is 2.83. The molecule has 0 aliphatic carbocycles. The third-order valence-electron chi connectivity index (χ3n) is 3.03. The lowest BCUT2D eigenvalue weighted by molar-refractivity contribution is 0.373. The maximum absolute atomic E-state index is 9.71. The standard InChI is InChI=1S/C14H19N3O2/c1-10(12-6-7-17(2)16-12)15-9-11-4-5-14(19-3)13(18)8-11/h4-8,10,15,18H,9H2,1-3H3. The summed E-state index contributed by atoms with van der Waals surface area (Å²) in [6.07, 6.45) is 1.92. The third kappa shape index (κ3) is 3.26. The second-order valence-corrected chi connectivity index (χ2v) is 4.52. The minimum Gasteiger partial charge on any atom is -0.504 e. The first kappa shape index (κ1) is 13.4. The van der Waals surface area contributed by atoms with E-state index in [4.69, 9.17) is 4.74 Å². The van der Waals surface area contributed by atoms with Gasteiger partial charge in [-0.1, -0.05) is 6.07 Å². The number of hydrogen-bond donors (Lipinski definition) is 2. The number of rotatable bonds is 5. The van der Waals surface area contributed by atoms with E-state index in [1.165, 1.54) is 7.11 Å². The van der Waals surface area contributed by atoms with Crippen LogP contribution >= 0.6 is 0 Å². The third-order valence-corrected chi connectivity index (χ3v) is 3.03. The summed E-state index contributed by atoms with van der Waals surface area (Å²) in [5.41, 5.74) is 2.00. The van der Waals surface area contributed by atoms with Crippen LogP contribution in [0.3, 0.4) is 0 Å². The van der Waals surface area contributed by atoms with Crippen molar-refractivity contribution in [1.29, 1.82) is 0 Å². The molecule has 5 nitrogen and oxygen atoms in total. The summed E-state index contributed by atoms with van der Waals surface area (Å²) in [5, 5.41) is 17.4. The Bertz CT molecular complexity index is 551. The average molecular weight is 261 g/mol. The molecule has 0 fully saturated rings. The van der Waals surface area contributed by atoms with Crippen LogP contribution in [0, 0.1) is 0 Å². The van der Waals surface area contributed by atoms with Gasteiger partial charge in [-0.15, -0.1) is 0 Å². The van der Waals surface area contributed by atoms with Gasteiger partial charge in [-0.3, -0.25) is 4.68 Å². The van der Waals surface area contributed by atoms with Crippen molar-refractivity contribution in [2.24, 2.45) is 7.05 Å². The number of nitrogens with zero attached hydrogens (tertiary/aromatic N) is 2. The highest BCUT2D eigenvalue weighted by Gasteiger charge is 2.08. The van der Waals surface area contributed by atoms with Crippen molar-refractivity contribution >= 4 is 0 Å². The van der Waals surface area contributed by atoms with Gasteiger partial charge in [0.05, 0.1) is 12.8 Å². The first-order chi connectivity index (χ1) is 9.10. The highest BCUT2D eigenvalue weighted by Crippen LogP contribution is 2.26. The maximum atomic E-state index is 9.71. The van der Waals surface area contributed by atoms with Gasteiger partial charge < -0.3 is 15.2 Å². The summed E-state index contributed by atoms with van der Waals surface area (Å²) in [4.78, 5) is 0. The van der Waals surface area contributed by atoms with Crippen molar-refractivity contribution in [3.63, 3.8) is 0 Å². The van der Waals surface area contributed by atoms with Crippen LogP contribution in [0.2, 0.25) is 0 Å². The van der Waals surface area contributed by atoms with Crippen LogP contribution in [0.15, 0.2) is 30.5 Å². The molecule has 0 aliphatic rings. The molecule has 5 heteroatoms. The summed E-state index contributed by atoms with van der Waals surface area (Å²) < 4.78 is 6.80. The molecule has 1 aromatic carbocycles. The molecule has 0 saturated heterocycles. The molecule has 0 bridgehead atoms. The normalized spacial score (nSPS) is 12.4. The molecule has 102 valence electrons. The molecule has 0 spiro atoms. The number of nitrogens with one attached hydrogen (secondary N) is 1. The fraction of sp³-hybridized carbons (Fsp3) is 0.357. The van der Waals surface area contributed by atoms with Crippen LogP contribution in [-0.4, -0.2) is 22.0 Å². The van der Waals surface area contributed by atoms with E-state index in [1.54, 1.807) is 16.8 Å². The molecule has 0 aliphatic heterocycles. The van der Waals surface area contributed by atoms with Crippen molar-refractivity contribution in [1.82, 2.24) is 15.1 Å². The highest BCUT2D eigenvalue weighted by atomic mass is 16.5. The van der Waals surface area contributed by atoms with Crippen molar-refractivity contribution in [3.05, 3.63) is 41.7 Å². The summed E-state index contributed by atoms with van der Waals surface area (Å²) in [7, 11) is 3.44. The fourth-order valence-electron chi connectivity index (χ4n) is 1.89. The quantitative estimate of drug-likeness (QED) is 0.864. The van der Waals surface area contributed by atoms with Gasteiger partial charge in [0.1, 0.15) is 0 Å². The van der Waals surface area contributed by atoms with E-state index >= 15 is 0 Å². The molecule has 0 radical (unpaired) electrons. The molecule has 1 unspecified atom stereocenters. The molecule has 2 aromatic rings. The highest BCUT2D eigenvalue weighted by molar-refractivity contribution is 5.41. The Morgan fingerprint density at radius 3 is 2.79 bits per heavy atom. The predicted octanol–water partition coefficient (Wildman–Crippen LogP) is 1.99. The van der Waals surface area contributed by atoms with Gasteiger partial charge in [-0.2, -0.15) is 5.10 Å². The second-order valence-electron chi connectivity index (χ2n) is 4.52. The molecule has 0 saturated carbocycles. The number of phenolic OH excluding ortho intramolecular Hbond substituents is 1. The van der Waals surface area contributed by atoms with Crippen LogP contribution < -0.4 is 10.1 Å². The van der Waals surface area contributed by atoms with E-state index in [9.17, 15) is 5.11 Å². The van der Waals surface area contributed by atoms with Crippen LogP contribution in [-0.2, 0) is 13.6 Å². The summed E-state index contributed by atoms with van der Waals surface area (Å²) in [6, 6.07) is 7.54. The van der Waals surface area contributed by atoms with E-state index < -0.39 is 0 Å². The van der Waals surface area contributed by atoms with E-state index in [0.717, 1.165) is 11.3 Å². The minimum absolute atomic E-state index is 0.158. The van der Waals surface area contributed by atoms with Crippen LogP contribution in [0.25, 0.3) is 0 Å². The Morgan fingerprint density at radius 2 is 2.21 bits per heavy atom. The SMILES string of the molecule is COc1ccc(CNC(C)c2ccn(C)n2)cc1O. The zero-order valence-electron chi connectivity index (χ0n) is 11.4. The Labute approximate surface area is 112 Å². The summed E-state index contributed by atoms with van der Waals surface area (Å²) in [5.74, 6) is 0.647.